The minimum absolute atomic E-state index is 0.0389. The van der Waals surface area contributed by atoms with Crippen LogP contribution in [0.3, 0.4) is 0 Å². The van der Waals surface area contributed by atoms with Crippen molar-refractivity contribution in [2.75, 3.05) is 31.1 Å². The number of anilines is 1. The average Bonchev–Trinajstić information content (AvgIpc) is 2.86. The predicted molar refractivity (Wildman–Crippen MR) is 132 cm³/mol. The molecule has 182 valence electrons. The number of carbonyl (C=O) groups excluding carboxylic acids is 2. The fourth-order valence-corrected chi connectivity index (χ4v) is 6.46. The van der Waals surface area contributed by atoms with Crippen molar-refractivity contribution in [2.24, 2.45) is 5.92 Å². The molecule has 2 atom stereocenters. The van der Waals surface area contributed by atoms with Gasteiger partial charge in [0, 0.05) is 38.8 Å². The van der Waals surface area contributed by atoms with Gasteiger partial charge in [0.05, 0.1) is 10.8 Å². The lowest BCUT2D eigenvalue weighted by atomic mass is 9.97. The zero-order valence-corrected chi connectivity index (χ0v) is 20.7. The molecule has 7 nitrogen and oxygen atoms in total. The molecule has 1 N–H and O–H groups in total. The third-order valence-electron chi connectivity index (χ3n) is 6.89. The van der Waals surface area contributed by atoms with Crippen molar-refractivity contribution in [1.82, 2.24) is 9.62 Å². The minimum Gasteiger partial charge on any atom is -0.355 e. The molecule has 0 spiro atoms. The van der Waals surface area contributed by atoms with Gasteiger partial charge in [-0.2, -0.15) is 4.31 Å². The Morgan fingerprint density at radius 3 is 2.59 bits per heavy atom. The number of fused-ring (bicyclic) bond motifs is 1. The number of amides is 2. The van der Waals surface area contributed by atoms with Crippen LogP contribution in [0.1, 0.15) is 50.2 Å². The standard InChI is InChI=1S/C26H33N3O4S/c1-19(21-8-4-3-5-9-21)17-27-26(31)23-11-6-14-28(18-23)34(32,33)24-12-13-25-22(16-24)10-7-15-29(25)20(2)30/h3-5,8-9,12-13,16,19,23H,6-7,10-11,14-15,17-18H2,1-2H3,(H,27,31)/t19-,23+/m1/s1. The molecule has 0 radical (unpaired) electrons. The van der Waals surface area contributed by atoms with Crippen molar-refractivity contribution in [3.05, 3.63) is 59.7 Å². The minimum atomic E-state index is -3.72. The number of aryl methyl sites for hydroxylation is 1. The van der Waals surface area contributed by atoms with E-state index < -0.39 is 10.0 Å². The lowest BCUT2D eigenvalue weighted by molar-refractivity contribution is -0.126. The molecule has 0 aromatic heterocycles. The van der Waals surface area contributed by atoms with Gasteiger partial charge < -0.3 is 10.2 Å². The zero-order chi connectivity index (χ0) is 24.3. The van der Waals surface area contributed by atoms with Crippen molar-refractivity contribution < 1.29 is 18.0 Å². The van der Waals surface area contributed by atoms with Crippen LogP contribution in [0.4, 0.5) is 5.69 Å². The van der Waals surface area contributed by atoms with Crippen LogP contribution in [0.5, 0.6) is 0 Å². The first-order chi connectivity index (χ1) is 16.3. The summed E-state index contributed by atoms with van der Waals surface area (Å²) in [6.45, 7) is 5.35. The lowest BCUT2D eigenvalue weighted by Crippen LogP contribution is -2.46. The molecular formula is C26H33N3O4S. The molecule has 0 aliphatic carbocycles. The van der Waals surface area contributed by atoms with E-state index in [0.717, 1.165) is 29.7 Å². The van der Waals surface area contributed by atoms with Gasteiger partial charge in [-0.3, -0.25) is 9.59 Å². The van der Waals surface area contributed by atoms with Crippen LogP contribution in [0.15, 0.2) is 53.4 Å². The van der Waals surface area contributed by atoms with Gasteiger partial charge in [0.25, 0.3) is 0 Å². The smallest absolute Gasteiger partial charge is 0.243 e. The Balaban J connectivity index is 1.43. The Labute approximate surface area is 202 Å². The molecule has 0 bridgehead atoms. The first kappa shape index (κ1) is 24.4. The molecule has 2 amide bonds. The molecular weight excluding hydrogens is 450 g/mol. The Morgan fingerprint density at radius 2 is 1.85 bits per heavy atom. The van der Waals surface area contributed by atoms with Crippen LogP contribution in [0.25, 0.3) is 0 Å². The van der Waals surface area contributed by atoms with Crippen LogP contribution in [0.2, 0.25) is 0 Å². The van der Waals surface area contributed by atoms with Gasteiger partial charge in [-0.25, -0.2) is 8.42 Å². The van der Waals surface area contributed by atoms with E-state index >= 15 is 0 Å². The van der Waals surface area contributed by atoms with Crippen LogP contribution in [0, 0.1) is 5.92 Å². The van der Waals surface area contributed by atoms with Gasteiger partial charge >= 0.3 is 0 Å². The second kappa shape index (κ2) is 10.3. The Kier molecular flexibility index (Phi) is 7.38. The van der Waals surface area contributed by atoms with E-state index in [1.54, 1.807) is 23.1 Å². The molecule has 4 rings (SSSR count). The van der Waals surface area contributed by atoms with E-state index in [9.17, 15) is 18.0 Å². The first-order valence-corrected chi connectivity index (χ1v) is 13.4. The molecule has 2 aromatic carbocycles. The van der Waals surface area contributed by atoms with Gasteiger partial charge in [0.15, 0.2) is 0 Å². The van der Waals surface area contributed by atoms with Gasteiger partial charge in [-0.05, 0) is 60.9 Å². The maximum Gasteiger partial charge on any atom is 0.243 e. The molecule has 2 aromatic rings. The van der Waals surface area contributed by atoms with Crippen molar-refractivity contribution >= 4 is 27.5 Å². The summed E-state index contributed by atoms with van der Waals surface area (Å²) in [5, 5.41) is 3.02. The van der Waals surface area contributed by atoms with E-state index in [4.69, 9.17) is 0 Å². The molecule has 0 unspecified atom stereocenters. The lowest BCUT2D eigenvalue weighted by Gasteiger charge is -2.32. The number of nitrogens with one attached hydrogen (secondary N) is 1. The second-order valence-electron chi connectivity index (χ2n) is 9.32. The van der Waals surface area contributed by atoms with Crippen molar-refractivity contribution in [3.8, 4) is 0 Å². The zero-order valence-electron chi connectivity index (χ0n) is 19.9. The molecule has 1 fully saturated rings. The van der Waals surface area contributed by atoms with Gasteiger partial charge in [-0.15, -0.1) is 0 Å². The van der Waals surface area contributed by atoms with E-state index in [1.165, 1.54) is 11.2 Å². The molecule has 2 aliphatic rings. The van der Waals surface area contributed by atoms with Crippen LogP contribution >= 0.6 is 0 Å². The maximum atomic E-state index is 13.4. The molecule has 8 heteroatoms. The van der Waals surface area contributed by atoms with Gasteiger partial charge in [-0.1, -0.05) is 37.3 Å². The van der Waals surface area contributed by atoms with E-state index in [-0.39, 0.29) is 35.1 Å². The number of sulfonamides is 1. The number of hydrogen-bond acceptors (Lipinski definition) is 4. The molecule has 2 aliphatic heterocycles. The highest BCUT2D eigenvalue weighted by molar-refractivity contribution is 7.89. The summed E-state index contributed by atoms with van der Waals surface area (Å²) >= 11 is 0. The third-order valence-corrected chi connectivity index (χ3v) is 8.75. The third kappa shape index (κ3) is 5.18. The summed E-state index contributed by atoms with van der Waals surface area (Å²) in [4.78, 5) is 26.7. The van der Waals surface area contributed by atoms with E-state index in [1.807, 2.05) is 30.3 Å². The highest BCUT2D eigenvalue weighted by Gasteiger charge is 2.34. The molecule has 1 saturated heterocycles. The number of carbonyl (C=O) groups is 2. The molecule has 2 heterocycles. The summed E-state index contributed by atoms with van der Waals surface area (Å²) in [6.07, 6.45) is 2.88. The van der Waals surface area contributed by atoms with E-state index in [0.29, 0.717) is 32.5 Å². The summed E-state index contributed by atoms with van der Waals surface area (Å²) in [6, 6.07) is 15.0. The molecule has 0 saturated carbocycles. The number of hydrogen-bond donors (Lipinski definition) is 1. The predicted octanol–water partition coefficient (Wildman–Crippen LogP) is 3.31. The summed E-state index contributed by atoms with van der Waals surface area (Å²) in [5.41, 5.74) is 2.83. The van der Waals surface area contributed by atoms with Crippen molar-refractivity contribution in [2.45, 2.75) is 50.3 Å². The van der Waals surface area contributed by atoms with E-state index in [2.05, 4.69) is 12.2 Å². The maximum absolute atomic E-state index is 13.4. The number of piperidine rings is 1. The van der Waals surface area contributed by atoms with Crippen LogP contribution in [-0.4, -0.2) is 50.7 Å². The van der Waals surface area contributed by atoms with Gasteiger partial charge in [0.2, 0.25) is 21.8 Å². The fourth-order valence-electron chi connectivity index (χ4n) is 4.88. The number of rotatable bonds is 6. The summed E-state index contributed by atoms with van der Waals surface area (Å²) in [7, 11) is -3.72. The monoisotopic (exact) mass is 483 g/mol. The SMILES string of the molecule is CC(=O)N1CCCc2cc(S(=O)(=O)N3CCC[C@H](C(=O)NC[C@@H](C)c4ccccc4)C3)ccc21. The summed E-state index contributed by atoms with van der Waals surface area (Å²) in [5.74, 6) is -0.316. The fraction of sp³-hybridized carbons (Fsp3) is 0.462. The Bertz CT molecular complexity index is 1150. The first-order valence-electron chi connectivity index (χ1n) is 12.0. The van der Waals surface area contributed by atoms with Crippen molar-refractivity contribution in [1.29, 1.82) is 0 Å². The van der Waals surface area contributed by atoms with Gasteiger partial charge in [0.1, 0.15) is 0 Å². The molecule has 34 heavy (non-hydrogen) atoms. The highest BCUT2D eigenvalue weighted by atomic mass is 32.2. The Morgan fingerprint density at radius 1 is 1.09 bits per heavy atom. The van der Waals surface area contributed by atoms with Crippen LogP contribution < -0.4 is 10.2 Å². The highest BCUT2D eigenvalue weighted by Crippen LogP contribution is 2.31. The van der Waals surface area contributed by atoms with Crippen molar-refractivity contribution in [3.63, 3.8) is 0 Å². The Hall–Kier alpha value is -2.71. The largest absolute Gasteiger partial charge is 0.355 e. The topological polar surface area (TPSA) is 86.8 Å². The van der Waals surface area contributed by atoms with Crippen LogP contribution in [-0.2, 0) is 26.0 Å². The normalized spacial score (nSPS) is 19.8. The quantitative estimate of drug-likeness (QED) is 0.683. The number of benzene rings is 2. The number of nitrogens with zero attached hydrogens (tertiary/aromatic N) is 2. The second-order valence-corrected chi connectivity index (χ2v) is 11.3. The summed E-state index contributed by atoms with van der Waals surface area (Å²) < 4.78 is 28.3. The average molecular weight is 484 g/mol.